The molecular formula is C18H24N2O3S2. The van der Waals surface area contributed by atoms with Crippen LogP contribution in [0.25, 0.3) is 0 Å². The van der Waals surface area contributed by atoms with Crippen molar-refractivity contribution in [2.75, 3.05) is 16.4 Å². The predicted octanol–water partition coefficient (Wildman–Crippen LogP) is 2.95. The Hall–Kier alpha value is -1.34. The van der Waals surface area contributed by atoms with Crippen molar-refractivity contribution in [3.63, 3.8) is 0 Å². The molecule has 2 saturated heterocycles. The van der Waals surface area contributed by atoms with Gasteiger partial charge in [-0.2, -0.15) is 4.99 Å². The first-order chi connectivity index (χ1) is 11.6. The Bertz CT molecular complexity index is 810. The molecule has 0 aromatic heterocycles. The lowest BCUT2D eigenvalue weighted by Gasteiger charge is -2.25. The van der Waals surface area contributed by atoms with Crippen LogP contribution in [0.1, 0.15) is 31.4 Å². The number of thioether (sulfide) groups is 1. The number of nitrogens with zero attached hydrogens (tertiary/aromatic N) is 2. The zero-order chi connectivity index (χ0) is 18.4. The molecule has 25 heavy (non-hydrogen) atoms. The molecule has 2 atom stereocenters. The fourth-order valence-electron chi connectivity index (χ4n) is 3.46. The predicted molar refractivity (Wildman–Crippen MR) is 104 cm³/mol. The molecule has 0 aliphatic carbocycles. The van der Waals surface area contributed by atoms with Gasteiger partial charge >= 0.3 is 0 Å². The highest BCUT2D eigenvalue weighted by Gasteiger charge is 2.49. The van der Waals surface area contributed by atoms with E-state index in [1.165, 1.54) is 11.8 Å². The highest BCUT2D eigenvalue weighted by atomic mass is 32.2. The van der Waals surface area contributed by atoms with Crippen LogP contribution < -0.4 is 4.90 Å². The van der Waals surface area contributed by atoms with Gasteiger partial charge in [-0.25, -0.2) is 8.42 Å². The molecule has 1 amide bonds. The van der Waals surface area contributed by atoms with Crippen molar-refractivity contribution in [1.82, 2.24) is 0 Å². The summed E-state index contributed by atoms with van der Waals surface area (Å²) in [5, 5.41) is 0.581. The number of carbonyl (C=O) groups is 1. The van der Waals surface area contributed by atoms with Crippen LogP contribution >= 0.6 is 11.8 Å². The van der Waals surface area contributed by atoms with E-state index in [0.717, 1.165) is 16.8 Å². The Morgan fingerprint density at radius 2 is 1.88 bits per heavy atom. The summed E-state index contributed by atoms with van der Waals surface area (Å²) in [6.45, 7) is 8.01. The lowest BCUT2D eigenvalue weighted by molar-refractivity contribution is -0.118. The molecule has 2 aliphatic heterocycles. The minimum Gasteiger partial charge on any atom is -0.316 e. The lowest BCUT2D eigenvalue weighted by atomic mass is 10.1. The number of amides is 1. The van der Waals surface area contributed by atoms with Gasteiger partial charge in [-0.1, -0.05) is 31.7 Å². The molecule has 2 aliphatic rings. The Balaban J connectivity index is 2.00. The first-order valence-corrected chi connectivity index (χ1v) is 11.2. The Kier molecular flexibility index (Phi) is 4.99. The van der Waals surface area contributed by atoms with Gasteiger partial charge in [0.2, 0.25) is 5.91 Å². The number of aliphatic imine (C=N–C) groups is 1. The largest absolute Gasteiger partial charge is 0.316 e. The molecule has 7 heteroatoms. The van der Waals surface area contributed by atoms with E-state index in [2.05, 4.69) is 11.1 Å². The summed E-state index contributed by atoms with van der Waals surface area (Å²) in [5.41, 5.74) is 3.14. The van der Waals surface area contributed by atoms with Gasteiger partial charge in [-0.3, -0.25) is 4.79 Å². The molecule has 5 nitrogen and oxygen atoms in total. The number of hydrogen-bond acceptors (Lipinski definition) is 4. The number of amidine groups is 1. The van der Waals surface area contributed by atoms with Crippen molar-refractivity contribution in [2.45, 2.75) is 45.4 Å². The van der Waals surface area contributed by atoms with Crippen molar-refractivity contribution in [1.29, 1.82) is 0 Å². The number of fused-ring (bicyclic) bond motifs is 1. The maximum absolute atomic E-state index is 12.2. The van der Waals surface area contributed by atoms with Crippen LogP contribution in [-0.4, -0.2) is 42.3 Å². The van der Waals surface area contributed by atoms with Crippen LogP contribution in [0.3, 0.4) is 0 Å². The van der Waals surface area contributed by atoms with Crippen LogP contribution in [0, 0.1) is 19.8 Å². The van der Waals surface area contributed by atoms with Crippen molar-refractivity contribution >= 4 is 38.4 Å². The van der Waals surface area contributed by atoms with E-state index in [9.17, 15) is 13.2 Å². The Labute approximate surface area is 153 Å². The van der Waals surface area contributed by atoms with E-state index in [0.29, 0.717) is 11.6 Å². The third-order valence-electron chi connectivity index (χ3n) is 4.35. The zero-order valence-corrected chi connectivity index (χ0v) is 16.7. The summed E-state index contributed by atoms with van der Waals surface area (Å²) in [6, 6.07) is 5.99. The van der Waals surface area contributed by atoms with Crippen molar-refractivity contribution in [3.8, 4) is 0 Å². The summed E-state index contributed by atoms with van der Waals surface area (Å²) < 4.78 is 24.2. The SMILES string of the molecule is Cc1cc(C)cc(N2C(=NC(=O)CC(C)C)SC3CS(=O)(=O)CC32)c1. The summed E-state index contributed by atoms with van der Waals surface area (Å²) >= 11 is 1.43. The first kappa shape index (κ1) is 18.5. The van der Waals surface area contributed by atoms with Gasteiger partial charge in [0.05, 0.1) is 17.5 Å². The summed E-state index contributed by atoms with van der Waals surface area (Å²) in [7, 11) is -3.04. The minimum atomic E-state index is -3.04. The smallest absolute Gasteiger partial charge is 0.248 e. The molecule has 0 N–H and O–H groups in total. The monoisotopic (exact) mass is 380 g/mol. The average molecular weight is 381 g/mol. The summed E-state index contributed by atoms with van der Waals surface area (Å²) in [4.78, 5) is 18.5. The van der Waals surface area contributed by atoms with Gasteiger partial charge in [-0.05, 0) is 43.0 Å². The molecule has 3 rings (SSSR count). The number of benzene rings is 1. The van der Waals surface area contributed by atoms with Crippen molar-refractivity contribution < 1.29 is 13.2 Å². The van der Waals surface area contributed by atoms with Crippen LogP contribution in [0.15, 0.2) is 23.2 Å². The Morgan fingerprint density at radius 3 is 2.48 bits per heavy atom. The van der Waals surface area contributed by atoms with Gasteiger partial charge in [0, 0.05) is 17.4 Å². The third kappa shape index (κ3) is 4.08. The van der Waals surface area contributed by atoms with Crippen LogP contribution in [-0.2, 0) is 14.6 Å². The van der Waals surface area contributed by atoms with Gasteiger partial charge < -0.3 is 4.90 Å². The number of carbonyl (C=O) groups excluding carboxylic acids is 1. The lowest BCUT2D eigenvalue weighted by Crippen LogP contribution is -2.37. The number of anilines is 1. The van der Waals surface area contributed by atoms with Gasteiger partial charge in [0.25, 0.3) is 0 Å². The fraction of sp³-hybridized carbons (Fsp3) is 0.556. The van der Waals surface area contributed by atoms with E-state index < -0.39 is 9.84 Å². The van der Waals surface area contributed by atoms with E-state index in [-0.39, 0.29) is 34.6 Å². The molecule has 0 bridgehead atoms. The zero-order valence-electron chi connectivity index (χ0n) is 15.0. The van der Waals surface area contributed by atoms with Crippen LogP contribution in [0.4, 0.5) is 5.69 Å². The van der Waals surface area contributed by atoms with E-state index >= 15 is 0 Å². The molecule has 1 aromatic carbocycles. The molecule has 0 spiro atoms. The highest BCUT2D eigenvalue weighted by molar-refractivity contribution is 8.16. The molecular weight excluding hydrogens is 356 g/mol. The standard InChI is InChI=1S/C18H24N2O3S2/c1-11(2)5-17(21)19-18-20(14-7-12(3)6-13(4)8-14)15-9-25(22,23)10-16(15)24-18/h6-8,11,15-16H,5,9-10H2,1-4H3. The second-order valence-corrected chi connectivity index (χ2v) is 10.8. The molecule has 0 radical (unpaired) electrons. The van der Waals surface area contributed by atoms with E-state index in [1.54, 1.807) is 0 Å². The molecule has 2 unspecified atom stereocenters. The molecule has 0 saturated carbocycles. The number of sulfone groups is 1. The average Bonchev–Trinajstić information content (AvgIpc) is 2.87. The maximum Gasteiger partial charge on any atom is 0.248 e. The molecule has 136 valence electrons. The molecule has 2 fully saturated rings. The van der Waals surface area contributed by atoms with Gasteiger partial charge in [-0.15, -0.1) is 0 Å². The number of rotatable bonds is 3. The topological polar surface area (TPSA) is 66.8 Å². The molecule has 2 heterocycles. The number of hydrogen-bond donors (Lipinski definition) is 0. The van der Waals surface area contributed by atoms with E-state index in [4.69, 9.17) is 0 Å². The highest BCUT2D eigenvalue weighted by Crippen LogP contribution is 2.41. The fourth-order valence-corrected chi connectivity index (χ4v) is 7.39. The second-order valence-electron chi connectivity index (χ2n) is 7.40. The summed E-state index contributed by atoms with van der Waals surface area (Å²) in [5.74, 6) is 0.378. The quantitative estimate of drug-likeness (QED) is 0.806. The van der Waals surface area contributed by atoms with E-state index in [1.807, 2.05) is 44.7 Å². The van der Waals surface area contributed by atoms with Crippen molar-refractivity contribution in [2.24, 2.45) is 10.9 Å². The van der Waals surface area contributed by atoms with Gasteiger partial charge in [0.1, 0.15) is 0 Å². The van der Waals surface area contributed by atoms with Gasteiger partial charge in [0.15, 0.2) is 15.0 Å². The first-order valence-electron chi connectivity index (χ1n) is 8.51. The Morgan fingerprint density at radius 1 is 1.24 bits per heavy atom. The minimum absolute atomic E-state index is 0.0589. The maximum atomic E-state index is 12.2. The van der Waals surface area contributed by atoms with Crippen LogP contribution in [0.5, 0.6) is 0 Å². The summed E-state index contributed by atoms with van der Waals surface area (Å²) in [6.07, 6.45) is 0.401. The molecule has 1 aromatic rings. The van der Waals surface area contributed by atoms with Crippen molar-refractivity contribution in [3.05, 3.63) is 29.3 Å². The van der Waals surface area contributed by atoms with Crippen LogP contribution in [0.2, 0.25) is 0 Å². The number of aryl methyl sites for hydroxylation is 2. The second kappa shape index (κ2) is 6.76. The third-order valence-corrected chi connectivity index (χ3v) is 7.56. The normalized spacial score (nSPS) is 26.4.